The van der Waals surface area contributed by atoms with Crippen LogP contribution in [-0.4, -0.2) is 39.4 Å². The smallest absolute Gasteiger partial charge is 0.453 e. The van der Waals surface area contributed by atoms with Gasteiger partial charge >= 0.3 is 12.1 Å². The van der Waals surface area contributed by atoms with Gasteiger partial charge in [-0.25, -0.2) is 0 Å². The molecule has 0 radical (unpaired) electrons. The van der Waals surface area contributed by atoms with Crippen LogP contribution in [0.4, 0.5) is 22.0 Å². The topological polar surface area (TPSA) is 43.3 Å². The molecule has 0 aliphatic heterocycles. The number of fused-ring (bicyclic) bond motifs is 5. The summed E-state index contributed by atoms with van der Waals surface area (Å²) in [6.07, 6.45) is 6.79. The van der Waals surface area contributed by atoms with Gasteiger partial charge in [0.2, 0.25) is 0 Å². The Morgan fingerprint density at radius 3 is 2.27 bits per heavy atom. The lowest BCUT2D eigenvalue weighted by atomic mass is 9.52. The Hall–Kier alpha value is -0.860. The first-order chi connectivity index (χ1) is 18.9. The summed E-state index contributed by atoms with van der Waals surface area (Å²) in [5, 5.41) is 10.8. The maximum absolute atomic E-state index is 12.9. The molecule has 0 heterocycles. The molecule has 3 aliphatic rings. The molecule has 0 amide bonds. The predicted molar refractivity (Wildman–Crippen MR) is 151 cm³/mol. The highest BCUT2D eigenvalue weighted by Crippen LogP contribution is 2.62. The van der Waals surface area contributed by atoms with E-state index in [0.717, 1.165) is 57.8 Å². The summed E-state index contributed by atoms with van der Waals surface area (Å²) in [5.41, 5.74) is 3.17. The van der Waals surface area contributed by atoms with Crippen LogP contribution in [0.15, 0.2) is 24.3 Å². The van der Waals surface area contributed by atoms with Gasteiger partial charge < -0.3 is 9.66 Å². The SMILES string of the molecule is CC12CCC3c4ccccc4CC(CCCCCCCCC[S+]([O-])CCCC(F)(F)C(F)(F)F)C3C1CCC2O. The van der Waals surface area contributed by atoms with E-state index in [2.05, 4.69) is 31.2 Å². The van der Waals surface area contributed by atoms with E-state index in [0.29, 0.717) is 29.4 Å². The van der Waals surface area contributed by atoms with Crippen LogP contribution in [0, 0.1) is 23.2 Å². The molecule has 1 N–H and O–H groups in total. The molecule has 7 unspecified atom stereocenters. The van der Waals surface area contributed by atoms with Gasteiger partial charge in [0.15, 0.2) is 0 Å². The minimum absolute atomic E-state index is 0.0729. The summed E-state index contributed by atoms with van der Waals surface area (Å²) < 4.78 is 74.5. The van der Waals surface area contributed by atoms with Crippen LogP contribution >= 0.6 is 0 Å². The van der Waals surface area contributed by atoms with Crippen molar-refractivity contribution in [1.82, 2.24) is 0 Å². The lowest BCUT2D eigenvalue weighted by Crippen LogP contribution is -2.47. The van der Waals surface area contributed by atoms with Gasteiger partial charge in [-0.2, -0.15) is 22.0 Å². The molecule has 0 bridgehead atoms. The zero-order chi connectivity index (χ0) is 29.0. The Morgan fingerprint density at radius 1 is 0.900 bits per heavy atom. The second-order valence-electron chi connectivity index (χ2n) is 13.0. The van der Waals surface area contributed by atoms with Crippen molar-refractivity contribution in [3.8, 4) is 0 Å². The first-order valence-electron chi connectivity index (χ1n) is 15.5. The van der Waals surface area contributed by atoms with Crippen LogP contribution in [-0.2, 0) is 17.6 Å². The minimum Gasteiger partial charge on any atom is -0.616 e. The van der Waals surface area contributed by atoms with Gasteiger partial charge in [-0.15, -0.1) is 0 Å². The molecule has 1 aromatic rings. The Kier molecular flexibility index (Phi) is 10.9. The molecule has 0 saturated heterocycles. The van der Waals surface area contributed by atoms with Crippen molar-refractivity contribution < 1.29 is 31.6 Å². The van der Waals surface area contributed by atoms with Crippen LogP contribution in [0.1, 0.15) is 114 Å². The van der Waals surface area contributed by atoms with Crippen LogP contribution < -0.4 is 0 Å². The van der Waals surface area contributed by atoms with Crippen molar-refractivity contribution in [3.63, 3.8) is 0 Å². The molecule has 2 saturated carbocycles. The Balaban J connectivity index is 1.13. The van der Waals surface area contributed by atoms with Gasteiger partial charge in [0.25, 0.3) is 0 Å². The minimum atomic E-state index is -5.53. The van der Waals surface area contributed by atoms with Crippen molar-refractivity contribution >= 4 is 11.2 Å². The van der Waals surface area contributed by atoms with E-state index in [9.17, 15) is 31.6 Å². The standard InChI is InChI=1S/C32H47F5O2S/c1-30-19-17-26-25-14-9-8-12-23(25)22-24(29(26)27(30)15-16-28(30)38)13-7-5-3-2-4-6-10-20-40(39)21-11-18-31(33,34)32(35,36)37/h8-9,12,14,24,26-29,38H,2-7,10-11,13,15-22H2,1H3. The van der Waals surface area contributed by atoms with Gasteiger partial charge in [-0.3, -0.25) is 0 Å². The molecule has 2 nitrogen and oxygen atoms in total. The second-order valence-corrected chi connectivity index (χ2v) is 14.7. The maximum Gasteiger partial charge on any atom is 0.453 e. The summed E-state index contributed by atoms with van der Waals surface area (Å²) in [6.45, 7) is 2.34. The highest BCUT2D eigenvalue weighted by atomic mass is 32.2. The zero-order valence-corrected chi connectivity index (χ0v) is 24.7. The molecule has 2 fully saturated rings. The first kappa shape index (κ1) is 32.1. The summed E-state index contributed by atoms with van der Waals surface area (Å²) in [4.78, 5) is 0. The average Bonchev–Trinajstić information content (AvgIpc) is 3.20. The van der Waals surface area contributed by atoms with Crippen molar-refractivity contribution in [2.75, 3.05) is 11.5 Å². The number of hydrogen-bond acceptors (Lipinski definition) is 2. The molecule has 4 rings (SSSR count). The number of unbranched alkanes of at least 4 members (excludes halogenated alkanes) is 6. The number of aliphatic hydroxyl groups is 1. The number of benzene rings is 1. The van der Waals surface area contributed by atoms with Crippen LogP contribution in [0.5, 0.6) is 0 Å². The molecule has 7 atom stereocenters. The number of halogens is 5. The molecular weight excluding hydrogens is 543 g/mol. The molecule has 40 heavy (non-hydrogen) atoms. The molecule has 3 aliphatic carbocycles. The number of rotatable bonds is 14. The lowest BCUT2D eigenvalue weighted by Gasteiger charge is -2.53. The Morgan fingerprint density at radius 2 is 1.55 bits per heavy atom. The van der Waals surface area contributed by atoms with Gasteiger partial charge in [-0.05, 0) is 98.0 Å². The van der Waals surface area contributed by atoms with E-state index >= 15 is 0 Å². The predicted octanol–water partition coefficient (Wildman–Crippen LogP) is 8.98. The van der Waals surface area contributed by atoms with E-state index in [4.69, 9.17) is 0 Å². The highest BCUT2D eigenvalue weighted by Gasteiger charge is 2.57. The van der Waals surface area contributed by atoms with E-state index < -0.39 is 29.7 Å². The fraction of sp³-hybridized carbons (Fsp3) is 0.812. The monoisotopic (exact) mass is 590 g/mol. The van der Waals surface area contributed by atoms with Crippen LogP contribution in [0.25, 0.3) is 0 Å². The third-order valence-corrected chi connectivity index (χ3v) is 12.0. The second kappa shape index (κ2) is 13.6. The van der Waals surface area contributed by atoms with Gasteiger partial charge in [0.05, 0.1) is 6.10 Å². The molecule has 0 spiro atoms. The van der Waals surface area contributed by atoms with Crippen molar-refractivity contribution in [1.29, 1.82) is 0 Å². The average molecular weight is 591 g/mol. The summed E-state index contributed by atoms with van der Waals surface area (Å²) in [6, 6.07) is 9.02. The highest BCUT2D eigenvalue weighted by molar-refractivity contribution is 7.91. The molecule has 8 heteroatoms. The van der Waals surface area contributed by atoms with Gasteiger partial charge in [0.1, 0.15) is 11.5 Å². The molecule has 1 aromatic carbocycles. The number of alkyl halides is 5. The molecule has 0 aromatic heterocycles. The van der Waals surface area contributed by atoms with E-state index in [1.807, 2.05) is 0 Å². The Bertz CT molecular complexity index is 940. The normalized spacial score (nSPS) is 30.9. The third-order valence-electron chi connectivity index (χ3n) is 10.5. The number of hydrogen-bond donors (Lipinski definition) is 1. The quantitative estimate of drug-likeness (QED) is 0.134. The largest absolute Gasteiger partial charge is 0.616 e. The Labute approximate surface area is 240 Å². The maximum atomic E-state index is 12.9. The van der Waals surface area contributed by atoms with Gasteiger partial charge in [-0.1, -0.05) is 74.5 Å². The van der Waals surface area contributed by atoms with Crippen LogP contribution in [0.2, 0.25) is 0 Å². The van der Waals surface area contributed by atoms with E-state index in [1.54, 1.807) is 5.56 Å². The third kappa shape index (κ3) is 7.37. The van der Waals surface area contributed by atoms with E-state index in [1.165, 1.54) is 31.2 Å². The fourth-order valence-corrected chi connectivity index (χ4v) is 9.43. The first-order valence-corrected chi connectivity index (χ1v) is 17.0. The van der Waals surface area contributed by atoms with Crippen molar-refractivity contribution in [3.05, 3.63) is 35.4 Å². The number of aliphatic hydroxyl groups excluding tert-OH is 1. The van der Waals surface area contributed by atoms with Crippen molar-refractivity contribution in [2.45, 2.75) is 127 Å². The fourth-order valence-electron chi connectivity index (χ4n) is 8.23. The van der Waals surface area contributed by atoms with Crippen LogP contribution in [0.3, 0.4) is 0 Å². The van der Waals surface area contributed by atoms with Crippen molar-refractivity contribution in [2.24, 2.45) is 23.2 Å². The molecule has 228 valence electrons. The summed E-state index contributed by atoms with van der Waals surface area (Å²) >= 11 is -1.34. The van der Waals surface area contributed by atoms with Gasteiger partial charge in [0, 0.05) is 6.42 Å². The van der Waals surface area contributed by atoms with E-state index in [-0.39, 0.29) is 23.7 Å². The molecular formula is C32H47F5O2S. The zero-order valence-electron chi connectivity index (χ0n) is 23.9. The lowest BCUT2D eigenvalue weighted by molar-refractivity contribution is -0.284. The summed E-state index contributed by atoms with van der Waals surface area (Å²) in [7, 11) is 0. The summed E-state index contributed by atoms with van der Waals surface area (Å²) in [5.74, 6) is -1.82.